The molecule has 5 N–H and O–H groups in total. The number of halogens is 3. The number of nitrogens with two attached hydrogens (primary N) is 2. The minimum atomic E-state index is -4.72. The van der Waals surface area contributed by atoms with E-state index in [0.29, 0.717) is 6.54 Å². The third-order valence-corrected chi connectivity index (χ3v) is 5.21. The molecular formula is C21H23F3N3O+. The van der Waals surface area contributed by atoms with Gasteiger partial charge in [-0.05, 0) is 47.7 Å². The van der Waals surface area contributed by atoms with E-state index in [2.05, 4.69) is 11.0 Å². The summed E-state index contributed by atoms with van der Waals surface area (Å²) in [4.78, 5) is 2.17. The van der Waals surface area contributed by atoms with Crippen LogP contribution in [0.25, 0.3) is 5.57 Å². The van der Waals surface area contributed by atoms with E-state index in [1.807, 2.05) is 12.1 Å². The predicted octanol–water partition coefficient (Wildman–Crippen LogP) is 2.15. The third-order valence-electron chi connectivity index (χ3n) is 5.21. The van der Waals surface area contributed by atoms with Crippen molar-refractivity contribution >= 4 is 17.5 Å². The molecule has 0 amide bonds. The van der Waals surface area contributed by atoms with E-state index in [1.54, 1.807) is 12.1 Å². The SMILES string of the molecule is CC(O)(c1ccc(CN2CCc3cc(/C(C=[NH2+])=C/N)ccc32)cc1)C(F)(F)F. The van der Waals surface area contributed by atoms with Crippen LogP contribution in [0.3, 0.4) is 0 Å². The molecule has 0 saturated carbocycles. The predicted molar refractivity (Wildman–Crippen MR) is 103 cm³/mol. The lowest BCUT2D eigenvalue weighted by molar-refractivity contribution is -0.258. The van der Waals surface area contributed by atoms with E-state index in [9.17, 15) is 18.3 Å². The number of benzene rings is 2. The molecule has 0 saturated heterocycles. The molecule has 0 aromatic heterocycles. The van der Waals surface area contributed by atoms with Crippen molar-refractivity contribution in [2.24, 2.45) is 5.73 Å². The van der Waals surface area contributed by atoms with Gasteiger partial charge in [-0.1, -0.05) is 30.3 Å². The van der Waals surface area contributed by atoms with Gasteiger partial charge in [0.2, 0.25) is 0 Å². The van der Waals surface area contributed by atoms with E-state index in [0.717, 1.165) is 42.3 Å². The van der Waals surface area contributed by atoms with Crippen LogP contribution in [0.2, 0.25) is 0 Å². The second kappa shape index (κ2) is 7.31. The Balaban J connectivity index is 1.77. The molecule has 0 radical (unpaired) electrons. The van der Waals surface area contributed by atoms with Gasteiger partial charge in [-0.2, -0.15) is 13.2 Å². The number of fused-ring (bicyclic) bond motifs is 1. The Kier molecular flexibility index (Phi) is 5.21. The molecular weight excluding hydrogens is 367 g/mol. The number of anilines is 1. The minimum absolute atomic E-state index is 0.172. The molecule has 1 heterocycles. The summed E-state index contributed by atoms with van der Waals surface area (Å²) in [7, 11) is 0. The summed E-state index contributed by atoms with van der Waals surface area (Å²) < 4.78 is 38.9. The van der Waals surface area contributed by atoms with Crippen molar-refractivity contribution in [1.29, 1.82) is 0 Å². The van der Waals surface area contributed by atoms with Crippen LogP contribution < -0.4 is 16.0 Å². The fourth-order valence-corrected chi connectivity index (χ4v) is 3.38. The zero-order valence-electron chi connectivity index (χ0n) is 15.5. The van der Waals surface area contributed by atoms with Crippen LogP contribution in [0.5, 0.6) is 0 Å². The molecule has 2 aromatic carbocycles. The highest BCUT2D eigenvalue weighted by atomic mass is 19.4. The Labute approximate surface area is 161 Å². The first-order valence-corrected chi connectivity index (χ1v) is 8.91. The molecule has 4 nitrogen and oxygen atoms in total. The molecule has 0 spiro atoms. The van der Waals surface area contributed by atoms with Gasteiger partial charge in [0.15, 0.2) is 11.8 Å². The molecule has 7 heteroatoms. The highest BCUT2D eigenvalue weighted by Crippen LogP contribution is 2.38. The summed E-state index contributed by atoms with van der Waals surface area (Å²) in [5.74, 6) is 0. The molecule has 28 heavy (non-hydrogen) atoms. The average Bonchev–Trinajstić information content (AvgIpc) is 3.04. The summed E-state index contributed by atoms with van der Waals surface area (Å²) in [6.07, 6.45) is -0.928. The first kappa shape index (κ1) is 19.9. The van der Waals surface area contributed by atoms with Crippen molar-refractivity contribution < 1.29 is 23.7 Å². The zero-order chi connectivity index (χ0) is 20.5. The monoisotopic (exact) mass is 390 g/mol. The molecule has 1 aliphatic heterocycles. The highest BCUT2D eigenvalue weighted by Gasteiger charge is 2.51. The van der Waals surface area contributed by atoms with Gasteiger partial charge in [0.05, 0.1) is 5.57 Å². The van der Waals surface area contributed by atoms with Gasteiger partial charge >= 0.3 is 6.18 Å². The second-order valence-electron chi connectivity index (χ2n) is 7.07. The first-order chi connectivity index (χ1) is 13.2. The molecule has 1 atom stereocenters. The molecule has 1 aliphatic rings. The van der Waals surface area contributed by atoms with Gasteiger partial charge in [-0.3, -0.25) is 5.41 Å². The van der Waals surface area contributed by atoms with Gasteiger partial charge < -0.3 is 15.7 Å². The van der Waals surface area contributed by atoms with E-state index < -0.39 is 11.8 Å². The van der Waals surface area contributed by atoms with Crippen molar-refractivity contribution in [2.75, 3.05) is 11.4 Å². The molecule has 148 valence electrons. The lowest BCUT2D eigenvalue weighted by Crippen LogP contribution is -2.39. The number of hydrogen-bond donors (Lipinski definition) is 3. The summed E-state index contributed by atoms with van der Waals surface area (Å²) >= 11 is 0. The standard InChI is InChI=1S/C21H22F3N3O/c1-20(28,21(22,23)24)18-5-2-14(3-6-18)13-27-9-8-16-10-15(4-7-19(16)27)17(11-25)12-26/h2-7,10-12,25,28H,8-9,13,26H2,1H3/p+1/b17-12+,25-11?. The maximum atomic E-state index is 13.0. The van der Waals surface area contributed by atoms with Crippen molar-refractivity contribution in [1.82, 2.24) is 0 Å². The molecule has 2 aromatic rings. The maximum absolute atomic E-state index is 13.0. The van der Waals surface area contributed by atoms with Gasteiger partial charge in [0.1, 0.15) is 0 Å². The molecule has 0 fully saturated rings. The van der Waals surface area contributed by atoms with Crippen LogP contribution in [0.1, 0.15) is 29.2 Å². The van der Waals surface area contributed by atoms with Crippen LogP contribution in [0, 0.1) is 0 Å². The quantitative estimate of drug-likeness (QED) is 0.685. The fraction of sp³-hybridized carbons (Fsp3) is 0.286. The molecule has 1 unspecified atom stereocenters. The molecule has 3 rings (SSSR count). The van der Waals surface area contributed by atoms with Crippen LogP contribution >= 0.6 is 0 Å². The average molecular weight is 390 g/mol. The van der Waals surface area contributed by atoms with E-state index in [1.165, 1.54) is 30.1 Å². The van der Waals surface area contributed by atoms with E-state index >= 15 is 0 Å². The van der Waals surface area contributed by atoms with Crippen LogP contribution in [0.4, 0.5) is 18.9 Å². The summed E-state index contributed by atoms with van der Waals surface area (Å²) in [5.41, 5.74) is 7.39. The summed E-state index contributed by atoms with van der Waals surface area (Å²) in [5, 5.41) is 15.4. The Morgan fingerprint density at radius 3 is 2.46 bits per heavy atom. The Morgan fingerprint density at radius 1 is 1.21 bits per heavy atom. The second-order valence-corrected chi connectivity index (χ2v) is 7.07. The number of nitrogens with zero attached hydrogens (tertiary/aromatic N) is 1. The van der Waals surface area contributed by atoms with Gasteiger partial charge in [0.25, 0.3) is 0 Å². The highest BCUT2D eigenvalue weighted by molar-refractivity contribution is 6.06. The lowest BCUT2D eigenvalue weighted by atomic mass is 9.94. The van der Waals surface area contributed by atoms with E-state index in [4.69, 9.17) is 11.1 Å². The molecule has 0 bridgehead atoms. The number of rotatable bonds is 5. The minimum Gasteiger partial charge on any atom is -0.404 e. The topological polar surface area (TPSA) is 75.1 Å². The van der Waals surface area contributed by atoms with Crippen molar-refractivity contribution in [3.05, 3.63) is 70.9 Å². The number of alkyl halides is 3. The third kappa shape index (κ3) is 3.62. The number of aliphatic hydroxyl groups is 1. The molecule has 0 aliphatic carbocycles. The van der Waals surface area contributed by atoms with Gasteiger partial charge in [-0.15, -0.1) is 0 Å². The smallest absolute Gasteiger partial charge is 0.404 e. The van der Waals surface area contributed by atoms with Gasteiger partial charge in [0, 0.05) is 25.0 Å². The normalized spacial score (nSPS) is 16.6. The Morgan fingerprint density at radius 2 is 1.89 bits per heavy atom. The maximum Gasteiger partial charge on any atom is 0.421 e. The Hall–Kier alpha value is -2.80. The number of allylic oxidation sites excluding steroid dienone is 1. The number of hydrogen-bond acceptors (Lipinski definition) is 3. The zero-order valence-corrected chi connectivity index (χ0v) is 15.5. The van der Waals surface area contributed by atoms with Crippen LogP contribution in [-0.2, 0) is 18.6 Å². The fourth-order valence-electron chi connectivity index (χ4n) is 3.38. The Bertz CT molecular complexity index is 902. The largest absolute Gasteiger partial charge is 0.421 e. The lowest BCUT2D eigenvalue weighted by Gasteiger charge is -2.27. The van der Waals surface area contributed by atoms with Crippen molar-refractivity contribution in [3.8, 4) is 0 Å². The summed E-state index contributed by atoms with van der Waals surface area (Å²) in [6, 6.07) is 11.9. The summed E-state index contributed by atoms with van der Waals surface area (Å²) in [6.45, 7) is 2.15. The van der Waals surface area contributed by atoms with E-state index in [-0.39, 0.29) is 5.56 Å². The van der Waals surface area contributed by atoms with Crippen LogP contribution in [-0.4, -0.2) is 24.0 Å². The first-order valence-electron chi connectivity index (χ1n) is 8.91. The van der Waals surface area contributed by atoms with Crippen LogP contribution in [0.15, 0.2) is 48.7 Å². The van der Waals surface area contributed by atoms with Gasteiger partial charge in [-0.25, -0.2) is 0 Å². The van der Waals surface area contributed by atoms with Crippen molar-refractivity contribution in [3.63, 3.8) is 0 Å². The van der Waals surface area contributed by atoms with Crippen molar-refractivity contribution in [2.45, 2.75) is 31.7 Å².